The average molecular weight is 352 g/mol. The molecular weight excluding hydrogens is 328 g/mol. The fraction of sp³-hybridized carbons (Fsp3) is 0.350. The Morgan fingerprint density at radius 1 is 1.15 bits per heavy atom. The van der Waals surface area contributed by atoms with Crippen molar-refractivity contribution in [2.24, 2.45) is 5.41 Å². The molecule has 136 valence electrons. The van der Waals surface area contributed by atoms with Crippen molar-refractivity contribution < 1.29 is 5.11 Å². The van der Waals surface area contributed by atoms with Crippen LogP contribution in [0.25, 0.3) is 11.0 Å². The van der Waals surface area contributed by atoms with Crippen molar-refractivity contribution >= 4 is 17.0 Å². The quantitative estimate of drug-likeness (QED) is 0.748. The molecule has 1 unspecified atom stereocenters. The summed E-state index contributed by atoms with van der Waals surface area (Å²) < 4.78 is 1.70. The highest BCUT2D eigenvalue weighted by atomic mass is 16.3. The number of aromatic nitrogens is 3. The van der Waals surface area contributed by atoms with Gasteiger partial charge in [-0.05, 0) is 36.1 Å². The van der Waals surface area contributed by atoms with Crippen molar-refractivity contribution in [3.05, 3.63) is 58.5 Å². The van der Waals surface area contributed by atoms with Gasteiger partial charge in [0.05, 0.1) is 6.04 Å². The maximum absolute atomic E-state index is 12.4. The van der Waals surface area contributed by atoms with Gasteiger partial charge in [-0.15, -0.1) is 0 Å². The molecule has 1 atom stereocenters. The second kappa shape index (κ2) is 6.78. The number of pyridine rings is 1. The topological polar surface area (TPSA) is 80.0 Å². The lowest BCUT2D eigenvalue weighted by Gasteiger charge is -2.21. The summed E-state index contributed by atoms with van der Waals surface area (Å²) in [6, 6.07) is 10.3. The smallest absolute Gasteiger partial charge is 0.252 e. The Morgan fingerprint density at radius 2 is 1.85 bits per heavy atom. The lowest BCUT2D eigenvalue weighted by Crippen LogP contribution is -2.27. The average Bonchev–Trinajstić information content (AvgIpc) is 2.57. The lowest BCUT2D eigenvalue weighted by atomic mass is 9.97. The summed E-state index contributed by atoms with van der Waals surface area (Å²) in [5, 5.41) is 13.5. The summed E-state index contributed by atoms with van der Waals surface area (Å²) in [5.74, 6) is 0.695. The van der Waals surface area contributed by atoms with E-state index in [9.17, 15) is 9.90 Å². The highest BCUT2D eigenvalue weighted by Gasteiger charge is 2.16. The van der Waals surface area contributed by atoms with Gasteiger partial charge in [-0.3, -0.25) is 9.36 Å². The van der Waals surface area contributed by atoms with Crippen LogP contribution in [-0.4, -0.2) is 19.6 Å². The first kappa shape index (κ1) is 17.9. The van der Waals surface area contributed by atoms with Gasteiger partial charge in [-0.25, -0.2) is 4.98 Å². The zero-order valence-electron chi connectivity index (χ0n) is 15.5. The summed E-state index contributed by atoms with van der Waals surface area (Å²) in [7, 11) is 0. The second-order valence-corrected chi connectivity index (χ2v) is 7.75. The minimum Gasteiger partial charge on any atom is -0.508 e. The summed E-state index contributed by atoms with van der Waals surface area (Å²) in [6.07, 6.45) is 1.73. The minimum absolute atomic E-state index is 0.0421. The van der Waals surface area contributed by atoms with Crippen LogP contribution in [0.1, 0.15) is 39.3 Å². The van der Waals surface area contributed by atoms with E-state index in [1.165, 1.54) is 0 Å². The predicted molar refractivity (Wildman–Crippen MR) is 103 cm³/mol. The molecule has 2 N–H and O–H groups in total. The Balaban J connectivity index is 1.96. The van der Waals surface area contributed by atoms with E-state index in [4.69, 9.17) is 0 Å². The summed E-state index contributed by atoms with van der Waals surface area (Å²) in [5.41, 5.74) is 1.52. The third-order valence-electron chi connectivity index (χ3n) is 4.09. The minimum atomic E-state index is -0.0661. The van der Waals surface area contributed by atoms with Crippen molar-refractivity contribution in [2.45, 2.75) is 40.3 Å². The van der Waals surface area contributed by atoms with Crippen LogP contribution in [0.2, 0.25) is 0 Å². The molecule has 3 rings (SSSR count). The highest BCUT2D eigenvalue weighted by molar-refractivity contribution is 5.75. The number of benzene rings is 1. The molecule has 0 saturated carbocycles. The summed E-state index contributed by atoms with van der Waals surface area (Å²) in [4.78, 5) is 21.3. The number of hydrogen-bond donors (Lipinski definition) is 2. The van der Waals surface area contributed by atoms with E-state index in [0.29, 0.717) is 18.1 Å². The van der Waals surface area contributed by atoms with Gasteiger partial charge in [0.1, 0.15) is 11.4 Å². The molecule has 0 spiro atoms. The fourth-order valence-electron chi connectivity index (χ4n) is 2.81. The number of rotatable bonds is 4. The highest BCUT2D eigenvalue weighted by Crippen LogP contribution is 2.22. The van der Waals surface area contributed by atoms with Crippen molar-refractivity contribution in [1.82, 2.24) is 14.5 Å². The van der Waals surface area contributed by atoms with Crippen molar-refractivity contribution in [1.29, 1.82) is 0 Å². The SMILES string of the molecule is CC(Nc1ncc2ccc(=O)n(CC(C)(C)C)c2n1)c1ccc(O)cc1. The van der Waals surface area contributed by atoms with Gasteiger partial charge in [0.25, 0.3) is 5.56 Å². The first-order valence-electron chi connectivity index (χ1n) is 8.65. The van der Waals surface area contributed by atoms with Crippen LogP contribution in [0.3, 0.4) is 0 Å². The van der Waals surface area contributed by atoms with Crippen molar-refractivity contribution in [2.75, 3.05) is 5.32 Å². The molecule has 6 heteroatoms. The molecule has 26 heavy (non-hydrogen) atoms. The van der Waals surface area contributed by atoms with Crippen molar-refractivity contribution in [3.8, 4) is 5.75 Å². The normalized spacial score (nSPS) is 12.9. The molecule has 0 radical (unpaired) electrons. The molecule has 0 amide bonds. The number of hydrogen-bond acceptors (Lipinski definition) is 5. The summed E-state index contributed by atoms with van der Waals surface area (Å²) in [6.45, 7) is 8.84. The van der Waals surface area contributed by atoms with Gasteiger partial charge in [0.15, 0.2) is 0 Å². The van der Waals surface area contributed by atoms with E-state index < -0.39 is 0 Å². The number of phenolic OH excluding ortho intramolecular Hbond substituents is 1. The molecule has 6 nitrogen and oxygen atoms in total. The van der Waals surface area contributed by atoms with E-state index in [2.05, 4.69) is 36.1 Å². The monoisotopic (exact) mass is 352 g/mol. The molecule has 0 aliphatic rings. The van der Waals surface area contributed by atoms with Gasteiger partial charge in [0, 0.05) is 24.2 Å². The number of phenols is 1. The van der Waals surface area contributed by atoms with Gasteiger partial charge in [0.2, 0.25) is 5.95 Å². The fourth-order valence-corrected chi connectivity index (χ4v) is 2.81. The number of fused-ring (bicyclic) bond motifs is 1. The Kier molecular flexibility index (Phi) is 4.68. The molecule has 2 aromatic heterocycles. The van der Waals surface area contributed by atoms with E-state index in [1.807, 2.05) is 19.1 Å². The van der Waals surface area contributed by atoms with E-state index in [1.54, 1.807) is 35.0 Å². The third-order valence-corrected chi connectivity index (χ3v) is 4.09. The van der Waals surface area contributed by atoms with Crippen molar-refractivity contribution in [3.63, 3.8) is 0 Å². The number of anilines is 1. The molecule has 0 saturated heterocycles. The summed E-state index contributed by atoms with van der Waals surface area (Å²) >= 11 is 0. The van der Waals surface area contributed by atoms with Gasteiger partial charge >= 0.3 is 0 Å². The predicted octanol–water partition coefficient (Wildman–Crippen LogP) is 3.72. The van der Waals surface area contributed by atoms with Gasteiger partial charge in [-0.1, -0.05) is 32.9 Å². The molecular formula is C20H24N4O2. The molecule has 0 bridgehead atoms. The van der Waals surface area contributed by atoms with Crippen LogP contribution in [0, 0.1) is 5.41 Å². The zero-order valence-corrected chi connectivity index (χ0v) is 15.5. The lowest BCUT2D eigenvalue weighted by molar-refractivity contribution is 0.343. The maximum Gasteiger partial charge on any atom is 0.252 e. The molecule has 2 heterocycles. The van der Waals surface area contributed by atoms with E-state index in [-0.39, 0.29) is 22.8 Å². The van der Waals surface area contributed by atoms with E-state index in [0.717, 1.165) is 10.9 Å². The third kappa shape index (κ3) is 4.02. The van der Waals surface area contributed by atoms with Crippen LogP contribution in [-0.2, 0) is 6.54 Å². The Hall–Kier alpha value is -2.89. The first-order valence-corrected chi connectivity index (χ1v) is 8.65. The Morgan fingerprint density at radius 3 is 2.50 bits per heavy atom. The number of nitrogens with zero attached hydrogens (tertiary/aromatic N) is 3. The zero-order chi connectivity index (χ0) is 18.9. The van der Waals surface area contributed by atoms with Crippen LogP contribution in [0.15, 0.2) is 47.4 Å². The Labute approximate surface area is 152 Å². The van der Waals surface area contributed by atoms with Crippen LogP contribution in [0.4, 0.5) is 5.95 Å². The Bertz CT molecular complexity index is 972. The first-order chi connectivity index (χ1) is 12.2. The number of nitrogens with one attached hydrogen (secondary N) is 1. The molecule has 0 aliphatic carbocycles. The standard InChI is InChI=1S/C20H24N4O2/c1-13(14-5-8-16(25)9-6-14)22-19-21-11-15-7-10-17(26)24(18(15)23-19)12-20(2,3)4/h5-11,13,25H,12H2,1-4H3,(H,21,22,23). The number of aromatic hydroxyl groups is 1. The largest absolute Gasteiger partial charge is 0.508 e. The van der Waals surface area contributed by atoms with E-state index >= 15 is 0 Å². The second-order valence-electron chi connectivity index (χ2n) is 7.75. The molecule has 3 aromatic rings. The van der Waals surface area contributed by atoms with Crippen LogP contribution >= 0.6 is 0 Å². The maximum atomic E-state index is 12.4. The molecule has 0 fully saturated rings. The van der Waals surface area contributed by atoms with Gasteiger partial charge < -0.3 is 10.4 Å². The molecule has 1 aromatic carbocycles. The van der Waals surface area contributed by atoms with Crippen LogP contribution in [0.5, 0.6) is 5.75 Å². The van der Waals surface area contributed by atoms with Crippen LogP contribution < -0.4 is 10.9 Å². The van der Waals surface area contributed by atoms with Gasteiger partial charge in [-0.2, -0.15) is 4.98 Å². The molecule has 0 aliphatic heterocycles.